The van der Waals surface area contributed by atoms with Gasteiger partial charge in [-0.2, -0.15) is 0 Å². The van der Waals surface area contributed by atoms with Crippen LogP contribution in [-0.2, 0) is 11.3 Å². The molecule has 1 aliphatic carbocycles. The third kappa shape index (κ3) is 3.03. The van der Waals surface area contributed by atoms with E-state index in [2.05, 4.69) is 0 Å². The molecule has 2 nitrogen and oxygen atoms in total. The number of carbonyl (C=O) groups excluding carboxylic acids is 1. The predicted octanol–water partition coefficient (Wildman–Crippen LogP) is 3.39. The SMILES string of the molecule is O=Cc1ccc(COC2=CCCC=C2)c(F)c1. The highest BCUT2D eigenvalue weighted by molar-refractivity contribution is 5.74. The Morgan fingerprint density at radius 2 is 2.24 bits per heavy atom. The molecule has 1 aromatic carbocycles. The van der Waals surface area contributed by atoms with E-state index >= 15 is 0 Å². The molecule has 3 heteroatoms. The van der Waals surface area contributed by atoms with Crippen LogP contribution in [0.4, 0.5) is 4.39 Å². The number of aldehydes is 1. The molecule has 88 valence electrons. The molecule has 0 unspecified atom stereocenters. The Morgan fingerprint density at radius 3 is 2.88 bits per heavy atom. The van der Waals surface area contributed by atoms with E-state index in [1.807, 2.05) is 18.2 Å². The molecule has 17 heavy (non-hydrogen) atoms. The van der Waals surface area contributed by atoms with Gasteiger partial charge in [0.05, 0.1) is 0 Å². The van der Waals surface area contributed by atoms with Crippen molar-refractivity contribution in [3.05, 3.63) is 59.1 Å². The first-order valence-corrected chi connectivity index (χ1v) is 5.52. The van der Waals surface area contributed by atoms with Gasteiger partial charge in [0.15, 0.2) is 0 Å². The first-order chi connectivity index (χ1) is 8.29. The van der Waals surface area contributed by atoms with Gasteiger partial charge in [-0.15, -0.1) is 0 Å². The molecule has 0 fully saturated rings. The van der Waals surface area contributed by atoms with Gasteiger partial charge in [0.2, 0.25) is 0 Å². The van der Waals surface area contributed by atoms with Crippen molar-refractivity contribution < 1.29 is 13.9 Å². The van der Waals surface area contributed by atoms with E-state index in [-0.39, 0.29) is 6.61 Å². The van der Waals surface area contributed by atoms with Crippen molar-refractivity contribution in [3.63, 3.8) is 0 Å². The lowest BCUT2D eigenvalue weighted by Crippen LogP contribution is -1.97. The summed E-state index contributed by atoms with van der Waals surface area (Å²) < 4.78 is 19.0. The summed E-state index contributed by atoms with van der Waals surface area (Å²) in [5, 5.41) is 0. The van der Waals surface area contributed by atoms with Gasteiger partial charge < -0.3 is 4.74 Å². The third-order valence-electron chi connectivity index (χ3n) is 2.57. The summed E-state index contributed by atoms with van der Waals surface area (Å²) in [6.07, 6.45) is 8.51. The molecule has 0 atom stereocenters. The summed E-state index contributed by atoms with van der Waals surface area (Å²) in [6.45, 7) is 0.182. The molecule has 0 spiro atoms. The molecule has 0 N–H and O–H groups in total. The topological polar surface area (TPSA) is 26.3 Å². The van der Waals surface area contributed by atoms with Crippen LogP contribution in [0.15, 0.2) is 42.2 Å². The summed E-state index contributed by atoms with van der Waals surface area (Å²) >= 11 is 0. The minimum atomic E-state index is -0.407. The zero-order valence-electron chi connectivity index (χ0n) is 9.36. The minimum Gasteiger partial charge on any atom is -0.489 e. The Labute approximate surface area is 99.4 Å². The lowest BCUT2D eigenvalue weighted by molar-refractivity contribution is 0.112. The van der Waals surface area contributed by atoms with Crippen LogP contribution < -0.4 is 0 Å². The van der Waals surface area contributed by atoms with Crippen molar-refractivity contribution in [2.75, 3.05) is 0 Å². The second-order valence-corrected chi connectivity index (χ2v) is 3.84. The molecule has 0 amide bonds. The first kappa shape index (κ1) is 11.6. The average molecular weight is 232 g/mol. The fraction of sp³-hybridized carbons (Fsp3) is 0.214. The molecule has 0 saturated heterocycles. The molecule has 0 bridgehead atoms. The minimum absolute atomic E-state index is 0.182. The Balaban J connectivity index is 2.01. The summed E-state index contributed by atoms with van der Waals surface area (Å²) in [5.41, 5.74) is 0.790. The van der Waals surface area contributed by atoms with Crippen molar-refractivity contribution in [2.45, 2.75) is 19.4 Å². The van der Waals surface area contributed by atoms with Gasteiger partial charge in [-0.1, -0.05) is 18.2 Å². The van der Waals surface area contributed by atoms with Crippen LogP contribution in [0.25, 0.3) is 0 Å². The van der Waals surface area contributed by atoms with E-state index in [0.29, 0.717) is 17.4 Å². The van der Waals surface area contributed by atoms with E-state index in [9.17, 15) is 9.18 Å². The number of benzene rings is 1. The van der Waals surface area contributed by atoms with Crippen LogP contribution in [0.5, 0.6) is 0 Å². The van der Waals surface area contributed by atoms with Gasteiger partial charge in [0.1, 0.15) is 24.5 Å². The molecule has 0 radical (unpaired) electrons. The molecular formula is C14H13FO2. The van der Waals surface area contributed by atoms with Gasteiger partial charge in [-0.3, -0.25) is 4.79 Å². The number of allylic oxidation sites excluding steroid dienone is 3. The highest BCUT2D eigenvalue weighted by Crippen LogP contribution is 2.15. The zero-order valence-corrected chi connectivity index (χ0v) is 9.36. The van der Waals surface area contributed by atoms with Crippen LogP contribution in [-0.4, -0.2) is 6.29 Å². The van der Waals surface area contributed by atoms with E-state index in [1.54, 1.807) is 12.1 Å². The van der Waals surface area contributed by atoms with Crippen molar-refractivity contribution in [2.24, 2.45) is 0 Å². The average Bonchev–Trinajstić information content (AvgIpc) is 2.38. The maximum atomic E-state index is 13.5. The summed E-state index contributed by atoms with van der Waals surface area (Å²) in [7, 11) is 0. The van der Waals surface area contributed by atoms with Crippen molar-refractivity contribution in [1.82, 2.24) is 0 Å². The number of ether oxygens (including phenoxy) is 1. The van der Waals surface area contributed by atoms with Crippen LogP contribution >= 0.6 is 0 Å². The second-order valence-electron chi connectivity index (χ2n) is 3.84. The number of halogens is 1. The Bertz CT molecular complexity index is 475. The van der Waals surface area contributed by atoms with E-state index in [0.717, 1.165) is 18.6 Å². The largest absolute Gasteiger partial charge is 0.489 e. The van der Waals surface area contributed by atoms with Gasteiger partial charge in [-0.25, -0.2) is 4.39 Å². The standard InChI is InChI=1S/C14H13FO2/c15-14-8-11(9-16)6-7-12(14)10-17-13-4-2-1-3-5-13/h2,4-9H,1,3,10H2. The molecule has 0 aliphatic heterocycles. The van der Waals surface area contributed by atoms with Gasteiger partial charge in [0.25, 0.3) is 0 Å². The van der Waals surface area contributed by atoms with Crippen LogP contribution in [0, 0.1) is 5.82 Å². The lowest BCUT2D eigenvalue weighted by Gasteiger charge is -2.10. The summed E-state index contributed by atoms with van der Waals surface area (Å²) in [5.74, 6) is 0.366. The highest BCUT2D eigenvalue weighted by Gasteiger charge is 2.05. The fourth-order valence-electron chi connectivity index (χ4n) is 1.61. The van der Waals surface area contributed by atoms with Crippen molar-refractivity contribution in [1.29, 1.82) is 0 Å². The highest BCUT2D eigenvalue weighted by atomic mass is 19.1. The number of rotatable bonds is 4. The number of hydrogen-bond donors (Lipinski definition) is 0. The summed E-state index contributed by atoms with van der Waals surface area (Å²) in [4.78, 5) is 10.5. The van der Waals surface area contributed by atoms with Gasteiger partial charge in [0, 0.05) is 11.1 Å². The van der Waals surface area contributed by atoms with E-state index < -0.39 is 5.82 Å². The fourth-order valence-corrected chi connectivity index (χ4v) is 1.61. The van der Waals surface area contributed by atoms with Crippen LogP contribution in [0.3, 0.4) is 0 Å². The second kappa shape index (κ2) is 5.43. The molecule has 1 aliphatic rings. The van der Waals surface area contributed by atoms with Crippen molar-refractivity contribution >= 4 is 6.29 Å². The number of carbonyl (C=O) groups is 1. The normalized spacial score (nSPS) is 14.3. The van der Waals surface area contributed by atoms with Gasteiger partial charge in [-0.05, 0) is 31.1 Å². The third-order valence-corrected chi connectivity index (χ3v) is 2.57. The van der Waals surface area contributed by atoms with Gasteiger partial charge >= 0.3 is 0 Å². The molecule has 2 rings (SSSR count). The van der Waals surface area contributed by atoms with Crippen LogP contribution in [0.1, 0.15) is 28.8 Å². The maximum Gasteiger partial charge on any atom is 0.150 e. The van der Waals surface area contributed by atoms with E-state index in [1.165, 1.54) is 6.07 Å². The predicted molar refractivity (Wildman–Crippen MR) is 63.0 cm³/mol. The maximum absolute atomic E-state index is 13.5. The van der Waals surface area contributed by atoms with E-state index in [4.69, 9.17) is 4.74 Å². The monoisotopic (exact) mass is 232 g/mol. The Morgan fingerprint density at radius 1 is 1.35 bits per heavy atom. The smallest absolute Gasteiger partial charge is 0.150 e. The summed E-state index contributed by atoms with van der Waals surface area (Å²) in [6, 6.07) is 4.38. The van der Waals surface area contributed by atoms with Crippen molar-refractivity contribution in [3.8, 4) is 0 Å². The molecule has 0 aromatic heterocycles. The molecule has 0 heterocycles. The van der Waals surface area contributed by atoms with Crippen LogP contribution in [0.2, 0.25) is 0 Å². The zero-order chi connectivity index (χ0) is 12.1. The quantitative estimate of drug-likeness (QED) is 0.744. The Hall–Kier alpha value is -1.90. The molecular weight excluding hydrogens is 219 g/mol. The lowest BCUT2D eigenvalue weighted by atomic mass is 10.1. The first-order valence-electron chi connectivity index (χ1n) is 5.52. The molecule has 0 saturated carbocycles. The number of hydrogen-bond acceptors (Lipinski definition) is 2. The molecule has 1 aromatic rings. The Kier molecular flexibility index (Phi) is 3.70.